The molecule has 5 atom stereocenters. The Labute approximate surface area is 90.8 Å². The summed E-state index contributed by atoms with van der Waals surface area (Å²) in [6, 6.07) is 0. The number of aliphatic hydroxyl groups is 4. The third-order valence-electron chi connectivity index (χ3n) is 2.10. The summed E-state index contributed by atoms with van der Waals surface area (Å²) >= 11 is 0. The molecule has 96 valence electrons. The van der Waals surface area contributed by atoms with Gasteiger partial charge in [-0.15, -0.1) is 0 Å². The minimum absolute atomic E-state index is 0.667. The molecule has 7 N–H and O–H groups in total. The topological polar surface area (TPSA) is 160 Å². The van der Waals surface area contributed by atoms with Crippen molar-refractivity contribution >= 4 is 8.17 Å². The summed E-state index contributed by atoms with van der Waals surface area (Å²) in [5.74, 6) is 0. The van der Waals surface area contributed by atoms with Crippen molar-refractivity contribution in [3.8, 4) is 0 Å². The predicted octanol–water partition coefficient (Wildman–Crippen LogP) is -3.54. The molecule has 0 radical (unpaired) electrons. The van der Waals surface area contributed by atoms with Gasteiger partial charge in [0.25, 0.3) is 0 Å². The van der Waals surface area contributed by atoms with Crippen molar-refractivity contribution in [1.82, 2.24) is 0 Å². The normalized spacial score (nSPS) is 41.1. The molecule has 10 heteroatoms. The van der Waals surface area contributed by atoms with Crippen LogP contribution in [0.4, 0.5) is 0 Å². The SMILES string of the molecule is OC1OC(CO[P+](O)(O)O)C(O)C(O)C1O. The van der Waals surface area contributed by atoms with Crippen LogP contribution in [0.15, 0.2) is 0 Å². The summed E-state index contributed by atoms with van der Waals surface area (Å²) in [7, 11) is -4.48. The van der Waals surface area contributed by atoms with Gasteiger partial charge < -0.3 is 25.2 Å². The first-order valence-corrected chi connectivity index (χ1v) is 5.88. The van der Waals surface area contributed by atoms with E-state index in [1.165, 1.54) is 0 Å². The van der Waals surface area contributed by atoms with E-state index in [1.807, 2.05) is 0 Å². The Kier molecular flexibility index (Phi) is 4.55. The highest BCUT2D eigenvalue weighted by Gasteiger charge is 2.45. The molecule has 0 aromatic heterocycles. The van der Waals surface area contributed by atoms with Gasteiger partial charge in [0.2, 0.25) is 0 Å². The van der Waals surface area contributed by atoms with E-state index in [0.717, 1.165) is 0 Å². The second-order valence-corrected chi connectivity index (χ2v) is 4.63. The average molecular weight is 261 g/mol. The van der Waals surface area contributed by atoms with Crippen molar-refractivity contribution in [1.29, 1.82) is 0 Å². The molecule has 1 saturated heterocycles. The molecule has 0 aromatic rings. The van der Waals surface area contributed by atoms with Crippen LogP contribution in [0, 0.1) is 0 Å². The minimum atomic E-state index is -4.48. The summed E-state index contributed by atoms with van der Waals surface area (Å²) in [4.78, 5) is 25.5. The second kappa shape index (κ2) is 5.15. The minimum Gasteiger partial charge on any atom is -0.387 e. The highest BCUT2D eigenvalue weighted by Crippen LogP contribution is 2.46. The van der Waals surface area contributed by atoms with Gasteiger partial charge in [0, 0.05) is 0 Å². The van der Waals surface area contributed by atoms with E-state index in [-0.39, 0.29) is 0 Å². The van der Waals surface area contributed by atoms with Crippen LogP contribution in [0.3, 0.4) is 0 Å². The van der Waals surface area contributed by atoms with Crippen molar-refractivity contribution in [2.75, 3.05) is 6.61 Å². The quantitative estimate of drug-likeness (QED) is 0.255. The molecular weight excluding hydrogens is 247 g/mol. The van der Waals surface area contributed by atoms with Crippen LogP contribution in [0.5, 0.6) is 0 Å². The first-order chi connectivity index (χ1) is 7.22. The number of hydrogen-bond donors (Lipinski definition) is 7. The van der Waals surface area contributed by atoms with Gasteiger partial charge in [-0.25, -0.2) is 0 Å². The first kappa shape index (κ1) is 14.1. The lowest BCUT2D eigenvalue weighted by molar-refractivity contribution is -0.286. The van der Waals surface area contributed by atoms with E-state index < -0.39 is 45.5 Å². The molecule has 1 aliphatic rings. The third kappa shape index (κ3) is 3.54. The number of rotatable bonds is 3. The summed E-state index contributed by atoms with van der Waals surface area (Å²) in [6.45, 7) is -0.667. The molecule has 0 saturated carbocycles. The zero-order valence-corrected chi connectivity index (χ0v) is 8.88. The van der Waals surface area contributed by atoms with E-state index in [0.29, 0.717) is 0 Å². The molecule has 9 nitrogen and oxygen atoms in total. The molecular formula is C6H14O9P+. The van der Waals surface area contributed by atoms with E-state index in [4.69, 9.17) is 24.9 Å². The van der Waals surface area contributed by atoms with Gasteiger partial charge in [0.1, 0.15) is 31.0 Å². The monoisotopic (exact) mass is 261 g/mol. The van der Waals surface area contributed by atoms with Gasteiger partial charge in [0.15, 0.2) is 6.29 Å². The summed E-state index contributed by atoms with van der Waals surface area (Å²) in [5.41, 5.74) is 0. The van der Waals surface area contributed by atoms with Crippen molar-refractivity contribution in [2.24, 2.45) is 0 Å². The van der Waals surface area contributed by atoms with Gasteiger partial charge >= 0.3 is 8.17 Å². The highest BCUT2D eigenvalue weighted by atomic mass is 31.2. The zero-order chi connectivity index (χ0) is 12.5. The Hall–Kier alpha value is 0.0700. The standard InChI is InChI=1S/C6H14O9P/c7-3-2(1-14-16(11,12)13)15-6(10)5(9)4(3)8/h2-13H,1H2/q+1. The van der Waals surface area contributed by atoms with Gasteiger partial charge in [-0.2, -0.15) is 19.2 Å². The molecule has 1 rings (SSSR count). The lowest BCUT2D eigenvalue weighted by Gasteiger charge is -2.37. The van der Waals surface area contributed by atoms with E-state index in [9.17, 15) is 10.2 Å². The number of aliphatic hydroxyl groups excluding tert-OH is 4. The Balaban J connectivity index is 2.54. The smallest absolute Gasteiger partial charge is 0.387 e. The molecule has 0 aliphatic carbocycles. The molecule has 0 spiro atoms. The Morgan fingerprint density at radius 2 is 1.50 bits per heavy atom. The lowest BCUT2D eigenvalue weighted by Crippen LogP contribution is -2.58. The maximum absolute atomic E-state index is 9.36. The molecule has 5 unspecified atom stereocenters. The fourth-order valence-electron chi connectivity index (χ4n) is 1.24. The van der Waals surface area contributed by atoms with E-state index in [1.54, 1.807) is 0 Å². The maximum Gasteiger partial charge on any atom is 0.567 e. The van der Waals surface area contributed by atoms with Crippen LogP contribution >= 0.6 is 8.17 Å². The molecule has 1 fully saturated rings. The third-order valence-corrected chi connectivity index (χ3v) is 2.59. The molecule has 16 heavy (non-hydrogen) atoms. The van der Waals surface area contributed by atoms with Crippen molar-refractivity contribution in [2.45, 2.75) is 30.7 Å². The molecule has 0 amide bonds. The van der Waals surface area contributed by atoms with Crippen molar-refractivity contribution < 1.29 is 44.4 Å². The Morgan fingerprint density at radius 3 is 2.00 bits per heavy atom. The first-order valence-electron chi connectivity index (χ1n) is 4.32. The van der Waals surface area contributed by atoms with Crippen LogP contribution < -0.4 is 0 Å². The van der Waals surface area contributed by atoms with Crippen molar-refractivity contribution in [3.05, 3.63) is 0 Å². The molecule has 1 heterocycles. The summed E-state index contributed by atoms with van der Waals surface area (Å²) in [5, 5.41) is 36.8. The van der Waals surface area contributed by atoms with Crippen LogP contribution in [-0.2, 0) is 9.26 Å². The van der Waals surface area contributed by atoms with E-state index in [2.05, 4.69) is 9.26 Å². The molecule has 0 bridgehead atoms. The predicted molar refractivity (Wildman–Crippen MR) is 48.4 cm³/mol. The van der Waals surface area contributed by atoms with Gasteiger partial charge in [-0.1, -0.05) is 0 Å². The number of hydrogen-bond acceptors (Lipinski definition) is 9. The largest absolute Gasteiger partial charge is 0.567 e. The summed E-state index contributed by atoms with van der Waals surface area (Å²) in [6.07, 6.45) is -7.98. The second-order valence-electron chi connectivity index (χ2n) is 3.35. The maximum atomic E-state index is 9.36. The lowest BCUT2D eigenvalue weighted by atomic mass is 10.00. The summed E-state index contributed by atoms with van der Waals surface area (Å²) < 4.78 is 8.79. The van der Waals surface area contributed by atoms with Crippen LogP contribution in [-0.4, -0.2) is 72.4 Å². The number of ether oxygens (including phenoxy) is 1. The van der Waals surface area contributed by atoms with Crippen LogP contribution in [0.1, 0.15) is 0 Å². The fourth-order valence-corrected chi connectivity index (χ4v) is 1.59. The van der Waals surface area contributed by atoms with E-state index >= 15 is 0 Å². The Bertz CT molecular complexity index is 231. The van der Waals surface area contributed by atoms with Crippen LogP contribution in [0.2, 0.25) is 0 Å². The van der Waals surface area contributed by atoms with Gasteiger partial charge in [-0.3, -0.25) is 0 Å². The van der Waals surface area contributed by atoms with Gasteiger partial charge in [-0.05, 0) is 0 Å². The highest BCUT2D eigenvalue weighted by molar-refractivity contribution is 7.53. The van der Waals surface area contributed by atoms with Crippen molar-refractivity contribution in [3.63, 3.8) is 0 Å². The molecule has 1 aliphatic heterocycles. The average Bonchev–Trinajstić information content (AvgIpc) is 2.17. The Morgan fingerprint density at radius 1 is 0.938 bits per heavy atom. The van der Waals surface area contributed by atoms with Gasteiger partial charge in [0.05, 0.1) is 0 Å². The zero-order valence-electron chi connectivity index (χ0n) is 7.99. The molecule has 0 aromatic carbocycles. The van der Waals surface area contributed by atoms with Crippen LogP contribution in [0.25, 0.3) is 0 Å². The fraction of sp³-hybridized carbons (Fsp3) is 1.00.